The van der Waals surface area contributed by atoms with Crippen molar-refractivity contribution in [2.75, 3.05) is 27.4 Å². The zero-order valence-electron chi connectivity index (χ0n) is 11.8. The number of halogens is 1. The van der Waals surface area contributed by atoms with Gasteiger partial charge in [0, 0.05) is 7.11 Å². The molecule has 0 aliphatic carbocycles. The number of nitrogens with zero attached hydrogens (tertiary/aromatic N) is 1. The van der Waals surface area contributed by atoms with Crippen LogP contribution >= 0.6 is 35.6 Å². The van der Waals surface area contributed by atoms with Crippen LogP contribution in [-0.2, 0) is 16.0 Å². The summed E-state index contributed by atoms with van der Waals surface area (Å²) in [7, 11) is 3.18. The summed E-state index contributed by atoms with van der Waals surface area (Å²) >= 11 is 12.8. The molecule has 0 unspecified atom stereocenters. The van der Waals surface area contributed by atoms with Crippen LogP contribution in [0.25, 0.3) is 0 Å². The lowest BCUT2D eigenvalue weighted by Gasteiger charge is -2.14. The summed E-state index contributed by atoms with van der Waals surface area (Å²) in [5, 5.41) is 0.350. The molecule has 0 aromatic heterocycles. The predicted octanol–water partition coefficient (Wildman–Crippen LogP) is 2.77. The molecular weight excluding hydrogens is 330 g/mol. The summed E-state index contributed by atoms with van der Waals surface area (Å²) in [5.41, 5.74) is 0.989. The molecule has 1 aromatic carbocycles. The number of benzene rings is 1. The predicted molar refractivity (Wildman–Crippen MR) is 89.3 cm³/mol. The van der Waals surface area contributed by atoms with Gasteiger partial charge in [-0.2, -0.15) is 0 Å². The molecule has 1 fully saturated rings. The van der Waals surface area contributed by atoms with Gasteiger partial charge < -0.3 is 9.47 Å². The van der Waals surface area contributed by atoms with Gasteiger partial charge >= 0.3 is 0 Å². The molecule has 1 atom stereocenters. The maximum Gasteiger partial charge on any atom is 0.242 e. The average molecular weight is 346 g/mol. The molecule has 0 spiro atoms. The number of carbonyl (C=O) groups is 1. The first-order valence-corrected chi connectivity index (χ1v) is 8.06. The number of ether oxygens (including phenoxy) is 2. The SMILES string of the molecule is COCCN1C(=O)[C@@H](Cc2ccc(OC)c(Cl)c2)SC1=S. The van der Waals surface area contributed by atoms with E-state index in [0.29, 0.717) is 34.7 Å². The highest BCUT2D eigenvalue weighted by atomic mass is 35.5. The second-order valence-electron chi connectivity index (χ2n) is 4.53. The van der Waals surface area contributed by atoms with Crippen LogP contribution in [0.1, 0.15) is 5.56 Å². The molecule has 7 heteroatoms. The van der Waals surface area contributed by atoms with Gasteiger partial charge in [0.15, 0.2) is 0 Å². The van der Waals surface area contributed by atoms with E-state index in [4.69, 9.17) is 33.3 Å². The van der Waals surface area contributed by atoms with Crippen molar-refractivity contribution in [1.29, 1.82) is 0 Å². The van der Waals surface area contributed by atoms with E-state index in [1.807, 2.05) is 18.2 Å². The molecule has 1 aliphatic heterocycles. The van der Waals surface area contributed by atoms with Gasteiger partial charge in [0.25, 0.3) is 0 Å². The minimum absolute atomic E-state index is 0.0361. The molecule has 1 heterocycles. The highest BCUT2D eigenvalue weighted by Crippen LogP contribution is 2.32. The quantitative estimate of drug-likeness (QED) is 0.741. The first-order chi connectivity index (χ1) is 10.1. The van der Waals surface area contributed by atoms with Gasteiger partial charge in [-0.05, 0) is 24.1 Å². The van der Waals surface area contributed by atoms with Crippen LogP contribution in [0, 0.1) is 0 Å². The zero-order valence-corrected chi connectivity index (χ0v) is 14.2. The van der Waals surface area contributed by atoms with Crippen molar-refractivity contribution < 1.29 is 14.3 Å². The fourth-order valence-corrected chi connectivity index (χ4v) is 3.93. The van der Waals surface area contributed by atoms with Crippen molar-refractivity contribution in [1.82, 2.24) is 4.90 Å². The summed E-state index contributed by atoms with van der Waals surface area (Å²) in [4.78, 5) is 13.9. The Balaban J connectivity index is 2.05. The molecule has 2 rings (SSSR count). The third kappa shape index (κ3) is 3.88. The van der Waals surface area contributed by atoms with Crippen molar-refractivity contribution in [3.8, 4) is 5.75 Å². The van der Waals surface area contributed by atoms with Crippen molar-refractivity contribution in [2.24, 2.45) is 0 Å². The van der Waals surface area contributed by atoms with Crippen LogP contribution in [0.4, 0.5) is 0 Å². The second kappa shape index (κ2) is 7.45. The number of methoxy groups -OCH3 is 2. The molecule has 1 amide bonds. The fourth-order valence-electron chi connectivity index (χ4n) is 2.06. The zero-order chi connectivity index (χ0) is 15.4. The number of hydrogen-bond donors (Lipinski definition) is 0. The number of hydrogen-bond acceptors (Lipinski definition) is 5. The summed E-state index contributed by atoms with van der Waals surface area (Å²) in [5.74, 6) is 0.664. The number of rotatable bonds is 6. The molecule has 0 saturated carbocycles. The number of carbonyl (C=O) groups excluding carboxylic acids is 1. The molecule has 0 bridgehead atoms. The third-order valence-corrected chi connectivity index (χ3v) is 5.04. The molecular formula is C14H16ClNO3S2. The lowest BCUT2D eigenvalue weighted by Crippen LogP contribution is -2.34. The minimum atomic E-state index is -0.196. The monoisotopic (exact) mass is 345 g/mol. The molecule has 4 nitrogen and oxygen atoms in total. The van der Waals surface area contributed by atoms with E-state index >= 15 is 0 Å². The standard InChI is InChI=1S/C14H16ClNO3S2/c1-18-6-5-16-13(17)12(21-14(16)20)8-9-3-4-11(19-2)10(15)7-9/h3-4,7,12H,5-6,8H2,1-2H3/t12-/m1/s1. The molecule has 0 radical (unpaired) electrons. The van der Waals surface area contributed by atoms with Gasteiger partial charge in [-0.3, -0.25) is 9.69 Å². The minimum Gasteiger partial charge on any atom is -0.495 e. The van der Waals surface area contributed by atoms with Crippen LogP contribution < -0.4 is 4.74 Å². The van der Waals surface area contributed by atoms with Gasteiger partial charge in [0.1, 0.15) is 10.1 Å². The van der Waals surface area contributed by atoms with E-state index in [0.717, 1.165) is 5.56 Å². The Morgan fingerprint density at radius 2 is 2.19 bits per heavy atom. The van der Waals surface area contributed by atoms with Gasteiger partial charge in [0.05, 0.1) is 30.5 Å². The normalized spacial score (nSPS) is 18.4. The maximum absolute atomic E-state index is 12.3. The van der Waals surface area contributed by atoms with Crippen molar-refractivity contribution >= 4 is 45.8 Å². The first kappa shape index (κ1) is 16.5. The largest absolute Gasteiger partial charge is 0.495 e. The Labute approximate surface area is 138 Å². The summed E-state index contributed by atoms with van der Waals surface area (Å²) < 4.78 is 10.7. The highest BCUT2D eigenvalue weighted by Gasteiger charge is 2.36. The summed E-state index contributed by atoms with van der Waals surface area (Å²) in [6, 6.07) is 5.55. The van der Waals surface area contributed by atoms with E-state index in [1.54, 1.807) is 19.1 Å². The Morgan fingerprint density at radius 3 is 2.81 bits per heavy atom. The lowest BCUT2D eigenvalue weighted by molar-refractivity contribution is -0.126. The Morgan fingerprint density at radius 1 is 1.43 bits per heavy atom. The number of thiocarbonyl (C=S) groups is 1. The van der Waals surface area contributed by atoms with Crippen LogP contribution in [0.5, 0.6) is 5.75 Å². The Kier molecular flexibility index (Phi) is 5.87. The van der Waals surface area contributed by atoms with Gasteiger partial charge in [-0.1, -0.05) is 41.6 Å². The van der Waals surface area contributed by atoms with E-state index in [-0.39, 0.29) is 11.2 Å². The number of amides is 1. The molecule has 21 heavy (non-hydrogen) atoms. The van der Waals surface area contributed by atoms with E-state index in [1.165, 1.54) is 11.8 Å². The number of thioether (sulfide) groups is 1. The average Bonchev–Trinajstić information content (AvgIpc) is 2.72. The Hall–Kier alpha value is -0.820. The molecule has 1 aliphatic rings. The van der Waals surface area contributed by atoms with Crippen LogP contribution in [0.15, 0.2) is 18.2 Å². The molecule has 0 N–H and O–H groups in total. The van der Waals surface area contributed by atoms with E-state index in [2.05, 4.69) is 0 Å². The fraction of sp³-hybridized carbons (Fsp3) is 0.429. The van der Waals surface area contributed by atoms with Crippen LogP contribution in [0.3, 0.4) is 0 Å². The van der Waals surface area contributed by atoms with E-state index < -0.39 is 0 Å². The van der Waals surface area contributed by atoms with E-state index in [9.17, 15) is 4.79 Å². The molecule has 1 aromatic rings. The summed E-state index contributed by atoms with van der Waals surface area (Å²) in [6.07, 6.45) is 0.594. The van der Waals surface area contributed by atoms with Gasteiger partial charge in [0.2, 0.25) is 5.91 Å². The molecule has 114 valence electrons. The summed E-state index contributed by atoms with van der Waals surface area (Å²) in [6.45, 7) is 0.981. The topological polar surface area (TPSA) is 38.8 Å². The molecule has 1 saturated heterocycles. The second-order valence-corrected chi connectivity index (χ2v) is 6.77. The van der Waals surface area contributed by atoms with Gasteiger partial charge in [-0.15, -0.1) is 0 Å². The lowest BCUT2D eigenvalue weighted by atomic mass is 10.1. The van der Waals surface area contributed by atoms with Crippen molar-refractivity contribution in [3.63, 3.8) is 0 Å². The smallest absolute Gasteiger partial charge is 0.242 e. The van der Waals surface area contributed by atoms with Crippen LogP contribution in [-0.4, -0.2) is 47.7 Å². The highest BCUT2D eigenvalue weighted by molar-refractivity contribution is 8.24. The maximum atomic E-state index is 12.3. The van der Waals surface area contributed by atoms with Gasteiger partial charge in [-0.25, -0.2) is 0 Å². The van der Waals surface area contributed by atoms with Crippen molar-refractivity contribution in [2.45, 2.75) is 11.7 Å². The Bertz CT molecular complexity index is 553. The third-order valence-electron chi connectivity index (χ3n) is 3.16. The van der Waals surface area contributed by atoms with Crippen LogP contribution in [0.2, 0.25) is 5.02 Å². The van der Waals surface area contributed by atoms with Crippen molar-refractivity contribution in [3.05, 3.63) is 28.8 Å². The first-order valence-electron chi connectivity index (χ1n) is 6.40.